The zero-order valence-electron chi connectivity index (χ0n) is 17.8. The van der Waals surface area contributed by atoms with Crippen molar-refractivity contribution >= 4 is 40.0 Å². The molecular formula is C24H26N4O2S2. The van der Waals surface area contributed by atoms with Gasteiger partial charge in [-0.3, -0.25) is 14.9 Å². The van der Waals surface area contributed by atoms with Gasteiger partial charge in [-0.15, -0.1) is 22.0 Å². The Labute approximate surface area is 196 Å². The van der Waals surface area contributed by atoms with Crippen molar-refractivity contribution < 1.29 is 9.59 Å². The molecule has 0 radical (unpaired) electrons. The van der Waals surface area contributed by atoms with Gasteiger partial charge in [0, 0.05) is 17.0 Å². The molecule has 4 rings (SSSR count). The van der Waals surface area contributed by atoms with E-state index in [2.05, 4.69) is 20.8 Å². The maximum absolute atomic E-state index is 12.9. The highest BCUT2D eigenvalue weighted by Gasteiger charge is 2.17. The minimum atomic E-state index is -0.258. The summed E-state index contributed by atoms with van der Waals surface area (Å²) in [4.78, 5) is 26.0. The summed E-state index contributed by atoms with van der Waals surface area (Å²) in [5, 5.41) is 15.3. The lowest BCUT2D eigenvalue weighted by Gasteiger charge is -2.21. The zero-order valence-corrected chi connectivity index (χ0v) is 19.4. The van der Waals surface area contributed by atoms with E-state index in [1.807, 2.05) is 48.5 Å². The van der Waals surface area contributed by atoms with Gasteiger partial charge in [-0.05, 0) is 30.9 Å². The molecule has 0 saturated heterocycles. The molecule has 0 aliphatic heterocycles. The average molecular weight is 467 g/mol. The lowest BCUT2D eigenvalue weighted by molar-refractivity contribution is -0.118. The van der Waals surface area contributed by atoms with Crippen LogP contribution in [0.4, 0.5) is 5.13 Å². The second kappa shape index (κ2) is 11.2. The van der Waals surface area contributed by atoms with Gasteiger partial charge in [0.1, 0.15) is 5.01 Å². The van der Waals surface area contributed by atoms with Crippen molar-refractivity contribution in [3.63, 3.8) is 0 Å². The molecule has 0 bridgehead atoms. The second-order valence-corrected chi connectivity index (χ2v) is 9.82. The lowest BCUT2D eigenvalue weighted by atomic mass is 9.89. The Morgan fingerprint density at radius 2 is 1.72 bits per heavy atom. The second-order valence-electron chi connectivity index (χ2n) is 7.83. The maximum atomic E-state index is 12.9. The summed E-state index contributed by atoms with van der Waals surface area (Å²) in [5.74, 6) is 0.635. The van der Waals surface area contributed by atoms with Gasteiger partial charge in [0.2, 0.25) is 11.0 Å². The Kier molecular flexibility index (Phi) is 7.90. The SMILES string of the molecule is O=C(CSc1ccccc1C(=O)Nc1nnc(-c2ccccc2)s1)NCC1CCCCC1. The molecule has 166 valence electrons. The molecule has 0 spiro atoms. The first-order valence-electron chi connectivity index (χ1n) is 10.9. The first-order chi connectivity index (χ1) is 15.7. The van der Waals surface area contributed by atoms with Gasteiger partial charge >= 0.3 is 0 Å². The molecule has 1 aliphatic rings. The van der Waals surface area contributed by atoms with Gasteiger partial charge in [-0.2, -0.15) is 0 Å². The van der Waals surface area contributed by atoms with Crippen LogP contribution in [-0.2, 0) is 4.79 Å². The molecule has 2 N–H and O–H groups in total. The Hall–Kier alpha value is -2.71. The lowest BCUT2D eigenvalue weighted by Crippen LogP contribution is -2.31. The van der Waals surface area contributed by atoms with E-state index < -0.39 is 0 Å². The van der Waals surface area contributed by atoms with E-state index in [1.165, 1.54) is 55.2 Å². The molecular weight excluding hydrogens is 440 g/mol. The van der Waals surface area contributed by atoms with Crippen LogP contribution in [0.2, 0.25) is 0 Å². The highest BCUT2D eigenvalue weighted by molar-refractivity contribution is 8.00. The number of hydrogen-bond donors (Lipinski definition) is 2. The van der Waals surface area contributed by atoms with Crippen molar-refractivity contribution in [1.82, 2.24) is 15.5 Å². The van der Waals surface area contributed by atoms with Crippen molar-refractivity contribution in [3.05, 3.63) is 60.2 Å². The normalized spacial score (nSPS) is 14.1. The highest BCUT2D eigenvalue weighted by atomic mass is 32.2. The molecule has 1 aromatic heterocycles. The molecule has 1 fully saturated rings. The molecule has 2 aromatic carbocycles. The van der Waals surface area contributed by atoms with Crippen molar-refractivity contribution in [3.8, 4) is 10.6 Å². The third-order valence-corrected chi connectivity index (χ3v) is 7.43. The zero-order chi connectivity index (χ0) is 22.2. The van der Waals surface area contributed by atoms with Gasteiger partial charge in [-0.1, -0.05) is 73.1 Å². The summed E-state index contributed by atoms with van der Waals surface area (Å²) >= 11 is 2.71. The number of nitrogens with one attached hydrogen (secondary N) is 2. The first-order valence-corrected chi connectivity index (χ1v) is 12.7. The van der Waals surface area contributed by atoms with E-state index in [0.717, 1.165) is 22.0 Å². The standard InChI is InChI=1S/C24H26N4O2S2/c29-21(25-15-17-9-3-1-4-10-17)16-31-20-14-8-7-13-19(20)22(30)26-24-28-27-23(32-24)18-11-5-2-6-12-18/h2,5-8,11-14,17H,1,3-4,9-10,15-16H2,(H,25,29)(H,26,28,30). The Morgan fingerprint density at radius 1 is 0.969 bits per heavy atom. The molecule has 8 heteroatoms. The maximum Gasteiger partial charge on any atom is 0.258 e. The van der Waals surface area contributed by atoms with Gasteiger partial charge in [0.05, 0.1) is 11.3 Å². The quantitative estimate of drug-likeness (QED) is 0.443. The van der Waals surface area contributed by atoms with Crippen LogP contribution in [-0.4, -0.2) is 34.3 Å². The molecule has 32 heavy (non-hydrogen) atoms. The van der Waals surface area contributed by atoms with Crippen LogP contribution < -0.4 is 10.6 Å². The number of benzene rings is 2. The van der Waals surface area contributed by atoms with E-state index in [9.17, 15) is 9.59 Å². The topological polar surface area (TPSA) is 84.0 Å². The van der Waals surface area contributed by atoms with Crippen molar-refractivity contribution in [1.29, 1.82) is 0 Å². The summed E-state index contributed by atoms with van der Waals surface area (Å²) in [5.41, 5.74) is 1.48. The van der Waals surface area contributed by atoms with Gasteiger partial charge in [-0.25, -0.2) is 0 Å². The fourth-order valence-corrected chi connectivity index (χ4v) is 5.38. The predicted octanol–water partition coefficient (Wildman–Crippen LogP) is 5.25. The highest BCUT2D eigenvalue weighted by Crippen LogP contribution is 2.28. The van der Waals surface area contributed by atoms with Gasteiger partial charge in [0.25, 0.3) is 5.91 Å². The number of aromatic nitrogens is 2. The number of anilines is 1. The predicted molar refractivity (Wildman–Crippen MR) is 130 cm³/mol. The van der Waals surface area contributed by atoms with Crippen LogP contribution in [0.1, 0.15) is 42.5 Å². The number of carbonyl (C=O) groups is 2. The van der Waals surface area contributed by atoms with Gasteiger partial charge < -0.3 is 5.32 Å². The molecule has 6 nitrogen and oxygen atoms in total. The van der Waals surface area contributed by atoms with Gasteiger partial charge in [0.15, 0.2) is 0 Å². The minimum Gasteiger partial charge on any atom is -0.355 e. The molecule has 1 saturated carbocycles. The molecule has 2 amide bonds. The number of thioether (sulfide) groups is 1. The minimum absolute atomic E-state index is 0.00686. The third-order valence-electron chi connectivity index (χ3n) is 5.47. The monoisotopic (exact) mass is 466 g/mol. The fraction of sp³-hybridized carbons (Fsp3) is 0.333. The van der Waals surface area contributed by atoms with Crippen molar-refractivity contribution in [2.24, 2.45) is 5.92 Å². The fourth-order valence-electron chi connectivity index (χ4n) is 3.76. The van der Waals surface area contributed by atoms with Crippen LogP contribution in [0.3, 0.4) is 0 Å². The van der Waals surface area contributed by atoms with E-state index in [0.29, 0.717) is 16.6 Å². The van der Waals surface area contributed by atoms with Crippen LogP contribution in [0.5, 0.6) is 0 Å². The Balaban J connectivity index is 1.33. The largest absolute Gasteiger partial charge is 0.355 e. The summed E-state index contributed by atoms with van der Waals surface area (Å²) in [7, 11) is 0. The molecule has 0 atom stereocenters. The van der Waals surface area contributed by atoms with Crippen LogP contribution in [0, 0.1) is 5.92 Å². The summed E-state index contributed by atoms with van der Waals surface area (Å²) < 4.78 is 0. The average Bonchev–Trinajstić information content (AvgIpc) is 3.31. The smallest absolute Gasteiger partial charge is 0.258 e. The van der Waals surface area contributed by atoms with E-state index >= 15 is 0 Å². The number of rotatable bonds is 8. The van der Waals surface area contributed by atoms with Crippen molar-refractivity contribution in [2.75, 3.05) is 17.6 Å². The summed E-state index contributed by atoms with van der Waals surface area (Å²) in [6, 6.07) is 17.0. The van der Waals surface area contributed by atoms with Crippen LogP contribution >= 0.6 is 23.1 Å². The van der Waals surface area contributed by atoms with E-state index in [4.69, 9.17) is 0 Å². The number of hydrogen-bond acceptors (Lipinski definition) is 6. The Morgan fingerprint density at radius 3 is 2.53 bits per heavy atom. The third kappa shape index (κ3) is 6.17. The van der Waals surface area contributed by atoms with Crippen molar-refractivity contribution in [2.45, 2.75) is 37.0 Å². The van der Waals surface area contributed by atoms with Crippen LogP contribution in [0.25, 0.3) is 10.6 Å². The van der Waals surface area contributed by atoms with Crippen LogP contribution in [0.15, 0.2) is 59.5 Å². The Bertz CT molecular complexity index is 1050. The number of nitrogens with zero attached hydrogens (tertiary/aromatic N) is 2. The molecule has 1 aliphatic carbocycles. The summed E-state index contributed by atoms with van der Waals surface area (Å²) in [6.45, 7) is 0.752. The first kappa shape index (κ1) is 22.5. The molecule has 0 unspecified atom stereocenters. The number of amides is 2. The summed E-state index contributed by atoms with van der Waals surface area (Å²) in [6.07, 6.45) is 6.24. The van der Waals surface area contributed by atoms with E-state index in [-0.39, 0.29) is 17.6 Å². The number of carbonyl (C=O) groups excluding carboxylic acids is 2. The molecule has 3 aromatic rings. The molecule has 1 heterocycles. The van der Waals surface area contributed by atoms with E-state index in [1.54, 1.807) is 6.07 Å².